The van der Waals surface area contributed by atoms with Crippen LogP contribution in [0.3, 0.4) is 0 Å². The Labute approximate surface area is 320 Å². The largest absolute Gasteiger partial charge is 0.334 e. The van der Waals surface area contributed by atoms with E-state index in [0.29, 0.717) is 11.8 Å². The highest BCUT2D eigenvalue weighted by Crippen LogP contribution is 2.52. The molecule has 5 aromatic carbocycles. The number of rotatable bonds is 10. The Morgan fingerprint density at radius 3 is 1.70 bits per heavy atom. The van der Waals surface area contributed by atoms with Gasteiger partial charge in [0.25, 0.3) is 0 Å². The number of anilines is 2. The van der Waals surface area contributed by atoms with E-state index in [1.165, 1.54) is 79.0 Å². The Bertz CT molecular complexity index is 2110. The first-order chi connectivity index (χ1) is 25.2. The Balaban J connectivity index is 1.22. The van der Waals surface area contributed by atoms with Crippen molar-refractivity contribution in [1.29, 1.82) is 0 Å². The summed E-state index contributed by atoms with van der Waals surface area (Å²) in [5.74, 6) is 0.929. The smallest absolute Gasteiger partial charge is 0.0563 e. The van der Waals surface area contributed by atoms with Crippen LogP contribution in [0.2, 0.25) is 0 Å². The fraction of sp³-hybridized carbons (Fsp3) is 0.346. The summed E-state index contributed by atoms with van der Waals surface area (Å²) in [4.78, 5) is 2.49. The van der Waals surface area contributed by atoms with E-state index in [1.54, 1.807) is 5.57 Å². The summed E-state index contributed by atoms with van der Waals surface area (Å²) in [6, 6.07) is 42.0. The monoisotopic (exact) mass is 697 g/mol. The molecule has 0 fully saturated rings. The summed E-state index contributed by atoms with van der Waals surface area (Å²) in [6.45, 7) is 23.5. The third kappa shape index (κ3) is 7.08. The van der Waals surface area contributed by atoms with Crippen LogP contribution in [0, 0.1) is 32.6 Å². The molecule has 0 bridgehead atoms. The van der Waals surface area contributed by atoms with Gasteiger partial charge in [0, 0.05) is 16.8 Å². The van der Waals surface area contributed by atoms with Crippen LogP contribution >= 0.6 is 0 Å². The molecule has 0 radical (unpaired) electrons. The minimum Gasteiger partial charge on any atom is -0.334 e. The van der Waals surface area contributed by atoms with Crippen molar-refractivity contribution in [2.24, 2.45) is 11.8 Å². The average molecular weight is 698 g/mol. The lowest BCUT2D eigenvalue weighted by molar-refractivity contribution is 0.255. The standard InChI is InChI=1S/C52H59N/c1-34-11-19-40(20-12-34)31-48(41-21-13-35(2)14-22-41)38(5)51(7,8)43-24-30-47-46-29-23-42(32-49(46)52(9,10)50(47)33-43)39(6)53(44-25-15-36(3)16-26-44)45-27-17-37(4)18-28-45/h11-13,15-21,23-30,32-33,38-39,48H,14,22,31H2,1-10H3. The van der Waals surface area contributed by atoms with E-state index in [4.69, 9.17) is 0 Å². The molecule has 272 valence electrons. The summed E-state index contributed by atoms with van der Waals surface area (Å²) < 4.78 is 0. The zero-order chi connectivity index (χ0) is 37.7. The van der Waals surface area contributed by atoms with Crippen molar-refractivity contribution < 1.29 is 0 Å². The van der Waals surface area contributed by atoms with Crippen molar-refractivity contribution in [3.63, 3.8) is 0 Å². The zero-order valence-electron chi connectivity index (χ0n) is 33.8. The van der Waals surface area contributed by atoms with E-state index < -0.39 is 0 Å². The summed E-state index contributed by atoms with van der Waals surface area (Å²) in [5.41, 5.74) is 19.2. The molecule has 5 aromatic rings. The fourth-order valence-electron chi connectivity index (χ4n) is 9.01. The molecule has 3 unspecified atom stereocenters. The first-order valence-corrected chi connectivity index (χ1v) is 19.9. The second kappa shape index (κ2) is 14.3. The zero-order valence-corrected chi connectivity index (χ0v) is 33.8. The Hall–Kier alpha value is -4.62. The fourth-order valence-corrected chi connectivity index (χ4v) is 9.01. The second-order valence-corrected chi connectivity index (χ2v) is 17.5. The van der Waals surface area contributed by atoms with Crippen LogP contribution in [0.5, 0.6) is 0 Å². The minimum atomic E-state index is -0.107. The molecule has 0 heterocycles. The van der Waals surface area contributed by atoms with E-state index in [1.807, 2.05) is 0 Å². The van der Waals surface area contributed by atoms with Crippen molar-refractivity contribution >= 4 is 11.4 Å². The van der Waals surface area contributed by atoms with Gasteiger partial charge in [-0.2, -0.15) is 0 Å². The van der Waals surface area contributed by atoms with Gasteiger partial charge in [0.15, 0.2) is 0 Å². The van der Waals surface area contributed by atoms with Gasteiger partial charge in [0.1, 0.15) is 0 Å². The average Bonchev–Trinajstić information content (AvgIpc) is 3.38. The van der Waals surface area contributed by atoms with Gasteiger partial charge in [0.05, 0.1) is 6.04 Å². The molecule has 1 heteroatoms. The lowest BCUT2D eigenvalue weighted by Gasteiger charge is -2.40. The van der Waals surface area contributed by atoms with Gasteiger partial charge in [0.2, 0.25) is 0 Å². The van der Waals surface area contributed by atoms with Gasteiger partial charge in [-0.15, -0.1) is 0 Å². The molecule has 0 spiro atoms. The maximum Gasteiger partial charge on any atom is 0.0563 e. The Morgan fingerprint density at radius 1 is 0.623 bits per heavy atom. The van der Waals surface area contributed by atoms with Crippen LogP contribution in [-0.4, -0.2) is 0 Å². The number of nitrogens with zero attached hydrogens (tertiary/aromatic N) is 1. The van der Waals surface area contributed by atoms with Gasteiger partial charge >= 0.3 is 0 Å². The van der Waals surface area contributed by atoms with E-state index in [9.17, 15) is 0 Å². The molecular weight excluding hydrogens is 639 g/mol. The molecular formula is C52H59N. The van der Waals surface area contributed by atoms with Crippen LogP contribution in [0.15, 0.2) is 132 Å². The molecule has 2 aliphatic carbocycles. The lowest BCUT2D eigenvalue weighted by atomic mass is 9.64. The van der Waals surface area contributed by atoms with Crippen molar-refractivity contribution in [2.45, 2.75) is 105 Å². The SMILES string of the molecule is CC1=CC=C(C(Cc2ccc(C)cc2)C(C)C(C)(C)c2ccc3c(c2)C(C)(C)c2cc(C(C)N(c4ccc(C)cc4)c4ccc(C)cc4)ccc2-3)CC1. The number of fused-ring (bicyclic) bond motifs is 3. The summed E-state index contributed by atoms with van der Waals surface area (Å²) in [7, 11) is 0. The predicted octanol–water partition coefficient (Wildman–Crippen LogP) is 14.3. The van der Waals surface area contributed by atoms with Gasteiger partial charge in [-0.3, -0.25) is 0 Å². The second-order valence-electron chi connectivity index (χ2n) is 17.5. The quantitative estimate of drug-likeness (QED) is 0.140. The van der Waals surface area contributed by atoms with Crippen LogP contribution in [0.25, 0.3) is 11.1 Å². The third-order valence-corrected chi connectivity index (χ3v) is 13.1. The highest BCUT2D eigenvalue weighted by Gasteiger charge is 2.40. The molecule has 7 rings (SSSR count). The summed E-state index contributed by atoms with van der Waals surface area (Å²) >= 11 is 0. The normalized spacial score (nSPS) is 16.6. The highest BCUT2D eigenvalue weighted by atomic mass is 15.2. The Morgan fingerprint density at radius 2 is 1.15 bits per heavy atom. The number of hydrogen-bond acceptors (Lipinski definition) is 1. The van der Waals surface area contributed by atoms with Gasteiger partial charge < -0.3 is 4.90 Å². The van der Waals surface area contributed by atoms with Crippen LogP contribution in [-0.2, 0) is 17.3 Å². The molecule has 0 amide bonds. The van der Waals surface area contributed by atoms with Crippen molar-refractivity contribution in [3.8, 4) is 11.1 Å². The molecule has 2 aliphatic rings. The molecule has 1 nitrogen and oxygen atoms in total. The number of aryl methyl sites for hydroxylation is 3. The van der Waals surface area contributed by atoms with Gasteiger partial charge in [-0.05, 0) is 134 Å². The van der Waals surface area contributed by atoms with E-state index in [2.05, 4.69) is 195 Å². The first kappa shape index (κ1) is 36.7. The van der Waals surface area contributed by atoms with Gasteiger partial charge in [-0.25, -0.2) is 0 Å². The van der Waals surface area contributed by atoms with Crippen molar-refractivity contribution in [3.05, 3.63) is 177 Å². The lowest BCUT2D eigenvalue weighted by Crippen LogP contribution is -2.35. The molecule has 0 saturated heterocycles. The molecule has 0 saturated carbocycles. The first-order valence-electron chi connectivity index (χ1n) is 19.9. The van der Waals surface area contributed by atoms with Crippen molar-refractivity contribution in [1.82, 2.24) is 0 Å². The highest BCUT2D eigenvalue weighted by molar-refractivity contribution is 5.82. The van der Waals surface area contributed by atoms with E-state index >= 15 is 0 Å². The molecule has 53 heavy (non-hydrogen) atoms. The molecule has 0 N–H and O–H groups in total. The van der Waals surface area contributed by atoms with E-state index in [-0.39, 0.29) is 16.9 Å². The number of hydrogen-bond donors (Lipinski definition) is 0. The topological polar surface area (TPSA) is 3.24 Å². The third-order valence-electron chi connectivity index (χ3n) is 13.1. The van der Waals surface area contributed by atoms with Crippen LogP contribution in [0.4, 0.5) is 11.4 Å². The van der Waals surface area contributed by atoms with Crippen molar-refractivity contribution in [2.75, 3.05) is 4.90 Å². The molecule has 0 aromatic heterocycles. The Kier molecular flexibility index (Phi) is 9.92. The van der Waals surface area contributed by atoms with Crippen LogP contribution < -0.4 is 4.90 Å². The van der Waals surface area contributed by atoms with E-state index in [0.717, 1.165) is 12.8 Å². The van der Waals surface area contributed by atoms with Crippen LogP contribution in [0.1, 0.15) is 112 Å². The summed E-state index contributed by atoms with van der Waals surface area (Å²) in [6.07, 6.45) is 8.23. The number of benzene rings is 5. The maximum atomic E-state index is 2.57. The predicted molar refractivity (Wildman–Crippen MR) is 229 cm³/mol. The maximum absolute atomic E-state index is 2.57. The minimum absolute atomic E-state index is 0.0193. The molecule has 0 aliphatic heterocycles. The summed E-state index contributed by atoms with van der Waals surface area (Å²) in [5, 5.41) is 0. The van der Waals surface area contributed by atoms with Gasteiger partial charge in [-0.1, -0.05) is 160 Å². The molecule has 3 atom stereocenters. The number of allylic oxidation sites excluding steroid dienone is 4.